The topological polar surface area (TPSA) is 99.6 Å². The number of rotatable bonds is 9. The first-order valence-electron chi connectivity index (χ1n) is 11.7. The molecule has 0 aliphatic heterocycles. The third-order valence-electron chi connectivity index (χ3n) is 4.84. The number of hydrogen-bond donors (Lipinski definition) is 1. The van der Waals surface area contributed by atoms with Gasteiger partial charge in [0.1, 0.15) is 11.4 Å². The summed E-state index contributed by atoms with van der Waals surface area (Å²) in [5.41, 5.74) is 1.45. The summed E-state index contributed by atoms with van der Waals surface area (Å²) in [5, 5.41) is 2.92. The fourth-order valence-electron chi connectivity index (χ4n) is 3.36. The summed E-state index contributed by atoms with van der Waals surface area (Å²) in [4.78, 5) is 33.0. The summed E-state index contributed by atoms with van der Waals surface area (Å²) >= 11 is 5.73. The molecule has 0 aliphatic rings. The Labute approximate surface area is 220 Å². The van der Waals surface area contributed by atoms with Crippen molar-refractivity contribution in [2.75, 3.05) is 6.61 Å². The monoisotopic (exact) mass is 529 g/mol. The maximum Gasteiger partial charge on any atom is 0.407 e. The molecule has 2 aromatic heterocycles. The van der Waals surface area contributed by atoms with Crippen molar-refractivity contribution in [1.29, 1.82) is 0 Å². The first-order chi connectivity index (χ1) is 17.5. The predicted molar refractivity (Wildman–Crippen MR) is 137 cm³/mol. The lowest BCUT2D eigenvalue weighted by Crippen LogP contribution is -2.41. The molecule has 0 bridgehead atoms. The fraction of sp³-hybridized carbons (Fsp3) is 0.333. The molecule has 2 heterocycles. The molecule has 1 atom stereocenters. The number of hydrogen-bond acceptors (Lipinski definition) is 7. The van der Waals surface area contributed by atoms with Gasteiger partial charge in [0, 0.05) is 29.9 Å². The average Bonchev–Trinajstić information content (AvgIpc) is 2.80. The summed E-state index contributed by atoms with van der Waals surface area (Å²) in [6.07, 6.45) is 0.936. The van der Waals surface area contributed by atoms with Gasteiger partial charge >= 0.3 is 12.1 Å². The number of aromatic nitrogens is 2. The van der Waals surface area contributed by atoms with E-state index in [4.69, 9.17) is 25.8 Å². The van der Waals surface area contributed by atoms with E-state index < -0.39 is 29.5 Å². The van der Waals surface area contributed by atoms with Gasteiger partial charge in [-0.3, -0.25) is 9.78 Å². The molecule has 196 valence electrons. The van der Waals surface area contributed by atoms with Crippen LogP contribution in [0.4, 0.5) is 9.18 Å². The van der Waals surface area contributed by atoms with Gasteiger partial charge in [-0.1, -0.05) is 17.7 Å². The highest BCUT2D eigenvalue weighted by atomic mass is 35.5. The van der Waals surface area contributed by atoms with Gasteiger partial charge in [0.25, 0.3) is 5.88 Å². The minimum absolute atomic E-state index is 0.0275. The van der Waals surface area contributed by atoms with Crippen LogP contribution in [-0.4, -0.2) is 40.3 Å². The quantitative estimate of drug-likeness (QED) is 0.333. The Morgan fingerprint density at radius 2 is 1.86 bits per heavy atom. The lowest BCUT2D eigenvalue weighted by atomic mass is 10.1. The number of benzene rings is 1. The summed E-state index contributed by atoms with van der Waals surface area (Å²) in [6, 6.07) is 12.9. The van der Waals surface area contributed by atoms with Crippen molar-refractivity contribution >= 4 is 23.7 Å². The number of esters is 1. The largest absolute Gasteiger partial charge is 0.466 e. The van der Waals surface area contributed by atoms with Crippen LogP contribution < -0.4 is 10.1 Å². The first-order valence-corrected chi connectivity index (χ1v) is 12.1. The maximum absolute atomic E-state index is 14.0. The second-order valence-electron chi connectivity index (χ2n) is 9.14. The lowest BCUT2D eigenvalue weighted by Gasteiger charge is -2.23. The Kier molecular flexibility index (Phi) is 9.41. The molecule has 8 nitrogen and oxygen atoms in total. The van der Waals surface area contributed by atoms with E-state index in [2.05, 4.69) is 15.3 Å². The van der Waals surface area contributed by atoms with Crippen molar-refractivity contribution in [2.45, 2.75) is 52.2 Å². The van der Waals surface area contributed by atoms with E-state index in [0.29, 0.717) is 17.1 Å². The Morgan fingerprint density at radius 3 is 2.51 bits per heavy atom. The molecular formula is C27H29ClFN3O5. The highest BCUT2D eigenvalue weighted by molar-refractivity contribution is 6.30. The van der Waals surface area contributed by atoms with Crippen molar-refractivity contribution in [1.82, 2.24) is 15.3 Å². The van der Waals surface area contributed by atoms with Crippen molar-refractivity contribution in [2.24, 2.45) is 0 Å². The second-order valence-corrected chi connectivity index (χ2v) is 9.57. The van der Waals surface area contributed by atoms with E-state index in [-0.39, 0.29) is 30.4 Å². The Bertz CT molecular complexity index is 1230. The number of nitrogens with zero attached hydrogens (tertiary/aromatic N) is 2. The number of alkyl carbamates (subject to hydrolysis) is 1. The molecule has 0 aliphatic carbocycles. The molecule has 1 aromatic carbocycles. The smallest absolute Gasteiger partial charge is 0.407 e. The van der Waals surface area contributed by atoms with Crippen LogP contribution in [0, 0.1) is 5.82 Å². The number of nitrogens with one attached hydrogen (secondary N) is 1. The van der Waals surface area contributed by atoms with Gasteiger partial charge in [-0.05, 0) is 70.2 Å². The van der Waals surface area contributed by atoms with Gasteiger partial charge in [0.15, 0.2) is 5.82 Å². The van der Waals surface area contributed by atoms with Crippen LogP contribution in [0.15, 0.2) is 54.7 Å². The van der Waals surface area contributed by atoms with Crippen molar-refractivity contribution in [3.05, 3.63) is 71.3 Å². The van der Waals surface area contributed by atoms with Crippen LogP contribution >= 0.6 is 11.6 Å². The van der Waals surface area contributed by atoms with Crippen LogP contribution in [0.25, 0.3) is 11.3 Å². The normalized spacial score (nSPS) is 11.9. The molecule has 1 amide bonds. The van der Waals surface area contributed by atoms with Crippen molar-refractivity contribution in [3.63, 3.8) is 0 Å². The van der Waals surface area contributed by atoms with Crippen LogP contribution in [0.3, 0.4) is 0 Å². The fourth-order valence-corrected chi connectivity index (χ4v) is 3.50. The molecule has 0 saturated heterocycles. The minimum Gasteiger partial charge on any atom is -0.466 e. The third-order valence-corrected chi connectivity index (χ3v) is 5.05. The molecule has 37 heavy (non-hydrogen) atoms. The standard InChI is InChI=1S/C27H29ClFN3O5/c1-5-35-24(33)15-20(32-26(34)37-27(2,3)4)14-19-7-6-8-23(31-19)17-9-11-21(12-10-17)36-25-22(29)13-18(28)16-30-25/h6-13,16,20H,5,14-15H2,1-4H3,(H,32,34)/t20-/m0/s1. The highest BCUT2D eigenvalue weighted by Gasteiger charge is 2.23. The number of carbonyl (C=O) groups excluding carboxylic acids is 2. The lowest BCUT2D eigenvalue weighted by molar-refractivity contribution is -0.143. The number of carbonyl (C=O) groups is 2. The average molecular weight is 530 g/mol. The van der Waals surface area contributed by atoms with E-state index in [1.54, 1.807) is 52.0 Å². The van der Waals surface area contributed by atoms with Crippen LogP contribution in [0.2, 0.25) is 5.02 Å². The molecule has 0 saturated carbocycles. The number of pyridine rings is 2. The van der Waals surface area contributed by atoms with E-state index in [9.17, 15) is 14.0 Å². The maximum atomic E-state index is 14.0. The van der Waals surface area contributed by atoms with E-state index >= 15 is 0 Å². The third kappa shape index (κ3) is 9.02. The molecule has 1 N–H and O–H groups in total. The molecule has 0 fully saturated rings. The molecule has 10 heteroatoms. The van der Waals surface area contributed by atoms with Crippen LogP contribution in [-0.2, 0) is 20.7 Å². The molecular weight excluding hydrogens is 501 g/mol. The van der Waals surface area contributed by atoms with Gasteiger partial charge in [0.2, 0.25) is 0 Å². The van der Waals surface area contributed by atoms with Crippen molar-refractivity contribution in [3.8, 4) is 22.9 Å². The van der Waals surface area contributed by atoms with Gasteiger partial charge in [-0.25, -0.2) is 14.2 Å². The number of amides is 1. The summed E-state index contributed by atoms with van der Waals surface area (Å²) < 4.78 is 29.9. The SMILES string of the molecule is CCOC(=O)C[C@H](Cc1cccc(-c2ccc(Oc3ncc(Cl)cc3F)cc2)n1)NC(=O)OC(C)(C)C. The van der Waals surface area contributed by atoms with Crippen LogP contribution in [0.5, 0.6) is 11.6 Å². The zero-order valence-corrected chi connectivity index (χ0v) is 21.8. The van der Waals surface area contributed by atoms with Gasteiger partial charge in [0.05, 0.1) is 23.7 Å². The van der Waals surface area contributed by atoms with E-state index in [1.165, 1.54) is 6.20 Å². The zero-order valence-electron chi connectivity index (χ0n) is 21.1. The Balaban J connectivity index is 1.73. The van der Waals surface area contributed by atoms with E-state index in [1.807, 2.05) is 18.2 Å². The summed E-state index contributed by atoms with van der Waals surface area (Å²) in [6.45, 7) is 7.24. The van der Waals surface area contributed by atoms with E-state index in [0.717, 1.165) is 11.6 Å². The molecule has 3 aromatic rings. The number of ether oxygens (including phenoxy) is 3. The summed E-state index contributed by atoms with van der Waals surface area (Å²) in [5.74, 6) is -0.877. The van der Waals surface area contributed by atoms with Gasteiger partial charge in [-0.2, -0.15) is 0 Å². The molecule has 0 spiro atoms. The van der Waals surface area contributed by atoms with Gasteiger partial charge < -0.3 is 19.5 Å². The predicted octanol–water partition coefficient (Wildman–Crippen LogP) is 6.12. The minimum atomic E-state index is -0.679. The number of halogens is 2. The molecule has 0 unspecified atom stereocenters. The Morgan fingerprint density at radius 1 is 1.14 bits per heavy atom. The first kappa shape index (κ1) is 27.9. The Hall–Kier alpha value is -3.72. The second kappa shape index (κ2) is 12.5. The summed E-state index contributed by atoms with van der Waals surface area (Å²) in [7, 11) is 0. The van der Waals surface area contributed by atoms with Gasteiger partial charge in [-0.15, -0.1) is 0 Å². The van der Waals surface area contributed by atoms with Crippen molar-refractivity contribution < 1.29 is 28.2 Å². The molecule has 3 rings (SSSR count). The van der Waals surface area contributed by atoms with Crippen LogP contribution in [0.1, 0.15) is 39.8 Å². The zero-order chi connectivity index (χ0) is 27.0. The highest BCUT2D eigenvalue weighted by Crippen LogP contribution is 2.27. The molecule has 0 radical (unpaired) electrons.